The second-order valence-electron chi connectivity index (χ2n) is 17.6. The molecule has 10 rings (SSSR count). The van der Waals surface area contributed by atoms with Crippen LogP contribution in [0.25, 0.3) is 38.9 Å². The van der Waals surface area contributed by atoms with Crippen molar-refractivity contribution >= 4 is 74.3 Å². The number of allylic oxidation sites excluding steroid dienone is 2. The Bertz CT molecular complexity index is 3090. The largest absolute Gasteiger partial charge is 0.397 e. The lowest BCUT2D eigenvalue weighted by Crippen LogP contribution is -2.15. The van der Waals surface area contributed by atoms with Crippen LogP contribution >= 0.6 is 0 Å². The van der Waals surface area contributed by atoms with Gasteiger partial charge in [0.15, 0.2) is 22.6 Å². The zero-order valence-electron chi connectivity index (χ0n) is 40.4. The molecule has 0 atom stereocenters. The molecule has 0 saturated carbocycles. The molecule has 384 valence electrons. The van der Waals surface area contributed by atoms with E-state index in [1.165, 1.54) is 16.6 Å². The minimum Gasteiger partial charge on any atom is -0.397 e. The highest BCUT2D eigenvalue weighted by Gasteiger charge is 2.21. The predicted molar refractivity (Wildman–Crippen MR) is 293 cm³/mol. The van der Waals surface area contributed by atoms with E-state index < -0.39 is 0 Å². The lowest BCUT2D eigenvalue weighted by atomic mass is 10.0. The fraction of sp³-hybridized carbons (Fsp3) is 0.451. The number of nitrogens with two attached hydrogens (primary N) is 2. The van der Waals surface area contributed by atoms with Gasteiger partial charge in [0.05, 0.1) is 54.7 Å². The number of fused-ring (bicyclic) bond motifs is 5. The third-order valence-electron chi connectivity index (χ3n) is 10.9. The van der Waals surface area contributed by atoms with E-state index in [0.29, 0.717) is 65.2 Å². The standard InChI is InChI=1S/C10H15N5.C10H13N3.C9H12N4.2C9H11N3O.4CH4/c1-7(2)15-6-12-8-5-11-10(14(3)4)13-9(8)15;1-6(2)7-3-4-8-9(7)12-5-13-10(8)11;1-6(2)13-5-12-8-7(10)3-4-11-9(8)13;1-6(2)7-5-11-12-8(13)3-4-10-9(7)12;1-6(2)12-5-11-8-7(12)3-4-10-9(8)13;;;;/h5-7H,1-4H3;3,5-6H,4H2,1-2H3,(H2,11,12,13);3-6H,1-2H3,(H2,10,11);4-6H,3H2,1-2H3;3-6H,1-2H3,(H,10,13);4*1H4. The first-order chi connectivity index (χ1) is 31.9. The van der Waals surface area contributed by atoms with Crippen LogP contribution in [0.3, 0.4) is 0 Å². The molecule has 0 fully saturated rings. The summed E-state index contributed by atoms with van der Waals surface area (Å²) in [5.41, 5.74) is 21.3. The molecule has 1 aliphatic carbocycles. The number of hydrogen-bond acceptors (Lipinski definition) is 15. The molecule has 0 saturated heterocycles. The van der Waals surface area contributed by atoms with Gasteiger partial charge in [-0.2, -0.15) is 14.8 Å². The molecule has 0 unspecified atom stereocenters. The molecule has 20 heteroatoms. The van der Waals surface area contributed by atoms with Crippen molar-refractivity contribution < 1.29 is 4.79 Å². The second-order valence-corrected chi connectivity index (χ2v) is 17.6. The Morgan fingerprint density at radius 3 is 1.96 bits per heavy atom. The number of nitrogens with zero attached hydrogens (tertiary/aromatic N) is 15. The van der Waals surface area contributed by atoms with E-state index in [1.807, 2.05) is 45.1 Å². The smallest absolute Gasteiger partial charge is 0.276 e. The highest BCUT2D eigenvalue weighted by Crippen LogP contribution is 2.33. The lowest BCUT2D eigenvalue weighted by molar-refractivity contribution is 0.0907. The van der Waals surface area contributed by atoms with Crippen molar-refractivity contribution in [2.24, 2.45) is 10.9 Å². The van der Waals surface area contributed by atoms with E-state index >= 15 is 0 Å². The molecule has 20 nitrogen and oxygen atoms in total. The van der Waals surface area contributed by atoms with E-state index in [2.05, 4.69) is 130 Å². The molecule has 9 heterocycles. The number of aromatic amines is 1. The maximum atomic E-state index is 11.3. The third-order valence-corrected chi connectivity index (χ3v) is 10.9. The van der Waals surface area contributed by atoms with Gasteiger partial charge in [-0.25, -0.2) is 39.9 Å². The van der Waals surface area contributed by atoms with Gasteiger partial charge in [0, 0.05) is 62.0 Å². The Kier molecular flexibility index (Phi) is 21.6. The number of aromatic nitrogens is 14. The number of anilines is 3. The zero-order chi connectivity index (χ0) is 48.7. The van der Waals surface area contributed by atoms with Gasteiger partial charge in [0.2, 0.25) is 5.95 Å². The number of pyridine rings is 2. The summed E-state index contributed by atoms with van der Waals surface area (Å²) in [6.07, 6.45) is 18.7. The SMILES string of the molecule is C.C.C.C.CC(C)C1=CCc2c(N)ncnc21.CC(C)c1cnn2c1N=CCC2=O.CC(C)n1cnc2c(=O)[nH]ccc21.CC(C)n1cnc2c(N)ccnc21.CC(C)n1cnc2cnc(N(C)C)nc21. The minimum absolute atomic E-state index is 0. The molecule has 0 radical (unpaired) electrons. The monoisotopic (exact) mass is 975 g/mol. The van der Waals surface area contributed by atoms with Crippen LogP contribution in [0.4, 0.5) is 23.3 Å². The van der Waals surface area contributed by atoms with Crippen LogP contribution in [0.5, 0.6) is 0 Å². The first-order valence-corrected chi connectivity index (χ1v) is 22.3. The molecule has 5 N–H and O–H groups in total. The third kappa shape index (κ3) is 13.4. The van der Waals surface area contributed by atoms with Gasteiger partial charge in [-0.15, -0.1) is 0 Å². The van der Waals surface area contributed by atoms with Crippen LogP contribution in [0, 0.1) is 5.92 Å². The highest BCUT2D eigenvalue weighted by atomic mass is 16.2. The second kappa shape index (κ2) is 25.8. The Morgan fingerprint density at radius 1 is 0.690 bits per heavy atom. The summed E-state index contributed by atoms with van der Waals surface area (Å²) >= 11 is 0. The van der Waals surface area contributed by atoms with Crippen LogP contribution in [-0.4, -0.2) is 94.6 Å². The quantitative estimate of drug-likeness (QED) is 0.140. The van der Waals surface area contributed by atoms with Gasteiger partial charge >= 0.3 is 0 Å². The number of imidazole rings is 3. The summed E-state index contributed by atoms with van der Waals surface area (Å²) in [6.45, 7) is 21.0. The van der Waals surface area contributed by atoms with Crippen molar-refractivity contribution in [2.75, 3.05) is 30.5 Å². The molecular formula is C51H78N18O2. The highest BCUT2D eigenvalue weighted by molar-refractivity contribution is 5.96. The summed E-state index contributed by atoms with van der Waals surface area (Å²) in [5.74, 6) is 2.90. The van der Waals surface area contributed by atoms with Gasteiger partial charge in [0.1, 0.15) is 23.2 Å². The summed E-state index contributed by atoms with van der Waals surface area (Å²) in [7, 11) is 3.86. The first kappa shape index (κ1) is 59.5. The van der Waals surface area contributed by atoms with Crippen LogP contribution < -0.4 is 21.9 Å². The summed E-state index contributed by atoms with van der Waals surface area (Å²) in [6, 6.07) is 4.68. The molecule has 0 aromatic carbocycles. The molecule has 8 aromatic heterocycles. The van der Waals surface area contributed by atoms with Crippen molar-refractivity contribution in [3.05, 3.63) is 95.5 Å². The molecule has 0 amide bonds. The van der Waals surface area contributed by atoms with Crippen molar-refractivity contribution in [3.63, 3.8) is 0 Å². The number of carbonyl (C=O) groups excluding carboxylic acids is 1. The Hall–Kier alpha value is -7.64. The number of rotatable bonds is 6. The van der Waals surface area contributed by atoms with Crippen LogP contribution in [0.15, 0.2) is 78.1 Å². The maximum Gasteiger partial charge on any atom is 0.276 e. The number of nitrogen functional groups attached to an aromatic ring is 2. The molecule has 0 bridgehead atoms. The van der Waals surface area contributed by atoms with E-state index in [-0.39, 0.29) is 41.2 Å². The number of carbonyl (C=O) groups is 1. The van der Waals surface area contributed by atoms with E-state index in [4.69, 9.17) is 11.5 Å². The number of hydrogen-bond donors (Lipinski definition) is 3. The summed E-state index contributed by atoms with van der Waals surface area (Å²) in [5, 5.41) is 4.01. The van der Waals surface area contributed by atoms with Gasteiger partial charge < -0.3 is 35.1 Å². The van der Waals surface area contributed by atoms with Crippen molar-refractivity contribution in [2.45, 2.75) is 136 Å². The predicted octanol–water partition coefficient (Wildman–Crippen LogP) is 10.3. The Morgan fingerprint density at radius 2 is 1.32 bits per heavy atom. The Labute approximate surface area is 418 Å². The van der Waals surface area contributed by atoms with E-state index in [9.17, 15) is 9.59 Å². The molecule has 1 aliphatic heterocycles. The fourth-order valence-corrected chi connectivity index (χ4v) is 7.19. The van der Waals surface area contributed by atoms with E-state index in [0.717, 1.165) is 51.1 Å². The fourth-order valence-electron chi connectivity index (χ4n) is 7.19. The molecule has 0 spiro atoms. The zero-order valence-corrected chi connectivity index (χ0v) is 40.4. The lowest BCUT2D eigenvalue weighted by Gasteiger charge is -2.11. The first-order valence-electron chi connectivity index (χ1n) is 22.3. The normalized spacial score (nSPS) is 12.0. The van der Waals surface area contributed by atoms with Crippen molar-refractivity contribution in [1.82, 2.24) is 68.3 Å². The molecule has 8 aromatic rings. The number of aliphatic imine (C=N–C) groups is 1. The summed E-state index contributed by atoms with van der Waals surface area (Å²) < 4.78 is 7.41. The van der Waals surface area contributed by atoms with E-state index in [1.54, 1.807) is 49.7 Å². The van der Waals surface area contributed by atoms with Crippen molar-refractivity contribution in [1.29, 1.82) is 0 Å². The van der Waals surface area contributed by atoms with Gasteiger partial charge in [0.25, 0.3) is 11.5 Å². The topological polar surface area (TPSA) is 253 Å². The van der Waals surface area contributed by atoms with Crippen molar-refractivity contribution in [3.8, 4) is 0 Å². The molecule has 2 aliphatic rings. The molecular weight excluding hydrogens is 897 g/mol. The van der Waals surface area contributed by atoms with Crippen LogP contribution in [0.2, 0.25) is 0 Å². The Balaban J connectivity index is 0.000000300. The summed E-state index contributed by atoms with van der Waals surface area (Å²) in [4.78, 5) is 65.0. The van der Waals surface area contributed by atoms with Gasteiger partial charge in [-0.05, 0) is 77.5 Å². The maximum absolute atomic E-state index is 11.3. The number of H-pyrrole nitrogens is 1. The van der Waals surface area contributed by atoms with Crippen LogP contribution in [0.1, 0.15) is 151 Å². The van der Waals surface area contributed by atoms with Crippen LogP contribution in [-0.2, 0) is 6.42 Å². The number of nitrogens with one attached hydrogen (secondary N) is 1. The minimum atomic E-state index is -0.128. The van der Waals surface area contributed by atoms with Gasteiger partial charge in [-0.1, -0.05) is 63.5 Å². The average molecular weight is 975 g/mol. The average Bonchev–Trinajstić information content (AvgIpc) is 4.14. The van der Waals surface area contributed by atoms with Gasteiger partial charge in [-0.3, -0.25) is 9.59 Å². The molecule has 71 heavy (non-hydrogen) atoms.